The summed E-state index contributed by atoms with van der Waals surface area (Å²) in [6.45, 7) is 2.48. The van der Waals surface area contributed by atoms with Gasteiger partial charge in [0, 0.05) is 16.0 Å². The van der Waals surface area contributed by atoms with Crippen LogP contribution in [0.3, 0.4) is 0 Å². The standard InChI is InChI=1S/C10H11ClN2O/c1-6-9-5-8(11)4-7(2-3-12)10(9)14-13-6/h4-5H,2-3,12H2,1H3. The van der Waals surface area contributed by atoms with E-state index in [1.165, 1.54) is 0 Å². The second-order valence-corrected chi connectivity index (χ2v) is 3.68. The maximum atomic E-state index is 5.98. The minimum Gasteiger partial charge on any atom is -0.356 e. The zero-order valence-corrected chi connectivity index (χ0v) is 8.64. The Hall–Kier alpha value is -1.06. The molecule has 0 saturated heterocycles. The Kier molecular flexibility index (Phi) is 2.44. The van der Waals surface area contributed by atoms with E-state index in [4.69, 9.17) is 21.9 Å². The number of aryl methyl sites for hydroxylation is 1. The highest BCUT2D eigenvalue weighted by Gasteiger charge is 2.09. The van der Waals surface area contributed by atoms with Crippen molar-refractivity contribution in [3.63, 3.8) is 0 Å². The van der Waals surface area contributed by atoms with Crippen molar-refractivity contribution in [3.8, 4) is 0 Å². The van der Waals surface area contributed by atoms with Crippen LogP contribution in [0.25, 0.3) is 11.0 Å². The molecule has 0 bridgehead atoms. The largest absolute Gasteiger partial charge is 0.356 e. The molecule has 0 unspecified atom stereocenters. The van der Waals surface area contributed by atoms with Gasteiger partial charge in [0.1, 0.15) is 0 Å². The molecular weight excluding hydrogens is 200 g/mol. The van der Waals surface area contributed by atoms with Gasteiger partial charge in [0.05, 0.1) is 5.69 Å². The first kappa shape index (κ1) is 9.49. The molecule has 4 heteroatoms. The lowest BCUT2D eigenvalue weighted by Gasteiger charge is -1.99. The summed E-state index contributed by atoms with van der Waals surface area (Å²) >= 11 is 5.98. The number of nitrogens with zero attached hydrogens (tertiary/aromatic N) is 1. The van der Waals surface area contributed by atoms with Crippen molar-refractivity contribution in [1.82, 2.24) is 5.16 Å². The summed E-state index contributed by atoms with van der Waals surface area (Å²) in [7, 11) is 0. The monoisotopic (exact) mass is 210 g/mol. The Balaban J connectivity index is 2.68. The average molecular weight is 211 g/mol. The first-order valence-electron chi connectivity index (χ1n) is 4.47. The normalized spacial score (nSPS) is 11.1. The lowest BCUT2D eigenvalue weighted by Crippen LogP contribution is -2.02. The van der Waals surface area contributed by atoms with E-state index in [9.17, 15) is 0 Å². The third kappa shape index (κ3) is 1.49. The van der Waals surface area contributed by atoms with Crippen LogP contribution in [0.4, 0.5) is 0 Å². The number of fused-ring (bicyclic) bond motifs is 1. The SMILES string of the molecule is Cc1noc2c(CCN)cc(Cl)cc12. The van der Waals surface area contributed by atoms with E-state index in [-0.39, 0.29) is 0 Å². The summed E-state index contributed by atoms with van der Waals surface area (Å²) in [5.41, 5.74) is 8.19. The summed E-state index contributed by atoms with van der Waals surface area (Å²) in [6, 6.07) is 3.74. The van der Waals surface area contributed by atoms with E-state index < -0.39 is 0 Å². The highest BCUT2D eigenvalue weighted by Crippen LogP contribution is 2.26. The molecule has 2 aromatic rings. The minimum atomic E-state index is 0.579. The lowest BCUT2D eigenvalue weighted by atomic mass is 10.1. The van der Waals surface area contributed by atoms with E-state index in [1.54, 1.807) is 0 Å². The Bertz CT molecular complexity index is 464. The van der Waals surface area contributed by atoms with E-state index in [0.29, 0.717) is 11.6 Å². The third-order valence-electron chi connectivity index (χ3n) is 2.21. The smallest absolute Gasteiger partial charge is 0.170 e. The molecule has 1 heterocycles. The number of rotatable bonds is 2. The molecule has 0 amide bonds. The van der Waals surface area contributed by atoms with Crippen LogP contribution in [0.1, 0.15) is 11.3 Å². The molecule has 1 aromatic carbocycles. The number of hydrogen-bond acceptors (Lipinski definition) is 3. The summed E-state index contributed by atoms with van der Waals surface area (Å²) in [4.78, 5) is 0. The van der Waals surface area contributed by atoms with Gasteiger partial charge in [-0.15, -0.1) is 0 Å². The second-order valence-electron chi connectivity index (χ2n) is 3.25. The molecule has 3 nitrogen and oxygen atoms in total. The lowest BCUT2D eigenvalue weighted by molar-refractivity contribution is 0.448. The van der Waals surface area contributed by atoms with Gasteiger partial charge in [0.15, 0.2) is 5.58 Å². The van der Waals surface area contributed by atoms with Crippen LogP contribution in [0, 0.1) is 6.92 Å². The second kappa shape index (κ2) is 3.59. The van der Waals surface area contributed by atoms with Crippen molar-refractivity contribution >= 4 is 22.6 Å². The van der Waals surface area contributed by atoms with Crippen LogP contribution in [-0.4, -0.2) is 11.7 Å². The van der Waals surface area contributed by atoms with Gasteiger partial charge in [-0.1, -0.05) is 16.8 Å². The van der Waals surface area contributed by atoms with Gasteiger partial charge in [-0.2, -0.15) is 0 Å². The predicted octanol–water partition coefficient (Wildman–Crippen LogP) is 2.29. The van der Waals surface area contributed by atoms with Crippen molar-refractivity contribution in [1.29, 1.82) is 0 Å². The van der Waals surface area contributed by atoms with E-state index in [1.807, 2.05) is 19.1 Å². The van der Waals surface area contributed by atoms with Crippen LogP contribution < -0.4 is 5.73 Å². The fraction of sp³-hybridized carbons (Fsp3) is 0.300. The number of benzene rings is 1. The molecule has 14 heavy (non-hydrogen) atoms. The van der Waals surface area contributed by atoms with Gasteiger partial charge in [0.2, 0.25) is 0 Å². The Labute approximate surface area is 86.8 Å². The van der Waals surface area contributed by atoms with E-state index >= 15 is 0 Å². The molecule has 2 rings (SSSR count). The molecule has 0 radical (unpaired) electrons. The van der Waals surface area contributed by atoms with E-state index in [0.717, 1.165) is 28.6 Å². The molecule has 74 valence electrons. The maximum Gasteiger partial charge on any atom is 0.170 e. The molecular formula is C10H11ClN2O. The van der Waals surface area contributed by atoms with Gasteiger partial charge in [-0.3, -0.25) is 0 Å². The van der Waals surface area contributed by atoms with Gasteiger partial charge in [-0.05, 0) is 32.0 Å². The fourth-order valence-corrected chi connectivity index (χ4v) is 1.77. The quantitative estimate of drug-likeness (QED) is 0.828. The summed E-state index contributed by atoms with van der Waals surface area (Å²) in [5.74, 6) is 0. The topological polar surface area (TPSA) is 52.0 Å². The zero-order chi connectivity index (χ0) is 10.1. The molecule has 0 aliphatic rings. The molecule has 0 atom stereocenters. The number of aromatic nitrogens is 1. The zero-order valence-electron chi connectivity index (χ0n) is 7.88. The number of halogens is 1. The molecule has 0 fully saturated rings. The highest BCUT2D eigenvalue weighted by molar-refractivity contribution is 6.31. The van der Waals surface area contributed by atoms with Gasteiger partial charge in [-0.25, -0.2) is 0 Å². The molecule has 1 aromatic heterocycles. The molecule has 0 spiro atoms. The van der Waals surface area contributed by atoms with E-state index in [2.05, 4.69) is 5.16 Å². The maximum absolute atomic E-state index is 5.98. The average Bonchev–Trinajstić information content (AvgIpc) is 2.49. The van der Waals surface area contributed by atoms with Crippen molar-refractivity contribution < 1.29 is 4.52 Å². The van der Waals surface area contributed by atoms with Crippen molar-refractivity contribution in [2.24, 2.45) is 5.73 Å². The summed E-state index contributed by atoms with van der Waals surface area (Å²) < 4.78 is 5.22. The summed E-state index contributed by atoms with van der Waals surface area (Å²) in [5, 5.41) is 5.58. The van der Waals surface area contributed by atoms with Crippen LogP contribution >= 0.6 is 11.6 Å². The van der Waals surface area contributed by atoms with Gasteiger partial charge >= 0.3 is 0 Å². The Morgan fingerprint density at radius 2 is 2.29 bits per heavy atom. The Morgan fingerprint density at radius 3 is 3.00 bits per heavy atom. The predicted molar refractivity (Wildman–Crippen MR) is 56.5 cm³/mol. The highest BCUT2D eigenvalue weighted by atomic mass is 35.5. The molecule has 0 aliphatic carbocycles. The minimum absolute atomic E-state index is 0.579. The fourth-order valence-electron chi connectivity index (χ4n) is 1.53. The molecule has 0 saturated carbocycles. The van der Waals surface area contributed by atoms with Crippen LogP contribution in [-0.2, 0) is 6.42 Å². The van der Waals surface area contributed by atoms with Gasteiger partial charge in [0.25, 0.3) is 0 Å². The summed E-state index contributed by atoms with van der Waals surface area (Å²) in [6.07, 6.45) is 0.756. The third-order valence-corrected chi connectivity index (χ3v) is 2.43. The van der Waals surface area contributed by atoms with Crippen molar-refractivity contribution in [2.75, 3.05) is 6.54 Å². The number of hydrogen-bond donors (Lipinski definition) is 1. The molecule has 2 N–H and O–H groups in total. The van der Waals surface area contributed by atoms with Crippen LogP contribution in [0.2, 0.25) is 5.02 Å². The van der Waals surface area contributed by atoms with Gasteiger partial charge < -0.3 is 10.3 Å². The Morgan fingerprint density at radius 1 is 1.50 bits per heavy atom. The first-order chi connectivity index (χ1) is 6.72. The van der Waals surface area contributed by atoms with Crippen molar-refractivity contribution in [2.45, 2.75) is 13.3 Å². The number of nitrogens with two attached hydrogens (primary N) is 1. The van der Waals surface area contributed by atoms with Crippen LogP contribution in [0.15, 0.2) is 16.7 Å². The molecule has 0 aliphatic heterocycles. The van der Waals surface area contributed by atoms with Crippen molar-refractivity contribution in [3.05, 3.63) is 28.4 Å². The first-order valence-corrected chi connectivity index (χ1v) is 4.84. The van der Waals surface area contributed by atoms with Crippen LogP contribution in [0.5, 0.6) is 0 Å².